The van der Waals surface area contributed by atoms with E-state index in [-0.39, 0.29) is 12.5 Å². The van der Waals surface area contributed by atoms with Crippen molar-refractivity contribution in [1.82, 2.24) is 19.9 Å². The van der Waals surface area contributed by atoms with Crippen molar-refractivity contribution in [3.8, 4) is 0 Å². The van der Waals surface area contributed by atoms with Gasteiger partial charge in [-0.2, -0.15) is 0 Å². The molecule has 0 aromatic carbocycles. The predicted octanol–water partition coefficient (Wildman–Crippen LogP) is -0.558. The first-order valence-corrected chi connectivity index (χ1v) is 8.53. The molecule has 0 saturated carbocycles. The van der Waals surface area contributed by atoms with Crippen LogP contribution in [0.25, 0.3) is 11.0 Å². The van der Waals surface area contributed by atoms with Gasteiger partial charge in [-0.3, -0.25) is 9.42 Å². The maximum atomic E-state index is 10.8. The van der Waals surface area contributed by atoms with E-state index in [1.165, 1.54) is 6.33 Å². The van der Waals surface area contributed by atoms with Crippen LogP contribution in [0.4, 0.5) is 5.82 Å². The van der Waals surface area contributed by atoms with Gasteiger partial charge in [0.2, 0.25) is 0 Å². The van der Waals surface area contributed by atoms with E-state index in [0.29, 0.717) is 31.0 Å². The van der Waals surface area contributed by atoms with Crippen LogP contribution in [0, 0.1) is 5.92 Å². The Hall–Kier alpha value is -1.55. The fourth-order valence-corrected chi connectivity index (χ4v) is 3.19. The second kappa shape index (κ2) is 6.16. The van der Waals surface area contributed by atoms with Gasteiger partial charge in [-0.1, -0.05) is 0 Å². The van der Waals surface area contributed by atoms with Crippen molar-refractivity contribution in [2.24, 2.45) is 5.92 Å². The topological polar surface area (TPSA) is 158 Å². The zero-order valence-electron chi connectivity index (χ0n) is 12.2. The van der Waals surface area contributed by atoms with Gasteiger partial charge in [0.05, 0.1) is 18.2 Å². The normalized spacial score (nSPS) is 22.9. The van der Waals surface area contributed by atoms with Gasteiger partial charge in [-0.25, -0.2) is 14.5 Å². The number of nitrogens with one attached hydrogen (secondary N) is 1. The number of aliphatic hydroxyl groups is 1. The molecule has 10 nitrogen and oxygen atoms in total. The average Bonchev–Trinajstić information content (AvgIpc) is 3.02. The minimum Gasteiger partial charge on any atom is -0.391 e. The molecule has 1 aliphatic rings. The van der Waals surface area contributed by atoms with Gasteiger partial charge in [-0.15, -0.1) is 0 Å². The number of H-pyrrole nitrogens is 1. The van der Waals surface area contributed by atoms with Gasteiger partial charge in [0.25, 0.3) is 0 Å². The number of nitrogens with two attached hydrogens (primary N) is 1. The lowest BCUT2D eigenvalue weighted by molar-refractivity contribution is 0.0953. The van der Waals surface area contributed by atoms with Crippen LogP contribution in [-0.2, 0) is 15.6 Å². The molecular weight excluding hydrogens is 325 g/mol. The number of aliphatic hydroxyl groups excluding tert-OH is 1. The highest BCUT2D eigenvalue weighted by Gasteiger charge is 2.33. The van der Waals surface area contributed by atoms with Gasteiger partial charge in [-0.05, 0) is 0 Å². The molecule has 6 N–H and O–H groups in total. The van der Waals surface area contributed by atoms with Crippen molar-refractivity contribution in [3.63, 3.8) is 0 Å². The SMILES string of the molecule is Nc1ncnc2c(CN3C[C@H](COP(=O)(O)O)[C@@H](O)C3)c[nH]c12. The Balaban J connectivity index is 1.67. The Kier molecular flexibility index (Phi) is 4.37. The van der Waals surface area contributed by atoms with Gasteiger partial charge in [0, 0.05) is 37.3 Å². The smallest absolute Gasteiger partial charge is 0.391 e. The number of hydrogen-bond donors (Lipinski definition) is 5. The van der Waals surface area contributed by atoms with Crippen LogP contribution in [0.15, 0.2) is 12.5 Å². The molecule has 0 aliphatic carbocycles. The standard InChI is InChI=1S/C12H18N5O5P/c13-12-11-10(15-6-16-12)7(1-14-11)2-17-3-8(9(18)4-17)5-22-23(19,20)21/h1,6,8-9,14,18H,2-5H2,(H2,13,15,16)(H2,19,20,21)/t8-,9+/m1/s1. The van der Waals surface area contributed by atoms with Gasteiger partial charge in [0.15, 0.2) is 5.82 Å². The van der Waals surface area contributed by atoms with Crippen molar-refractivity contribution in [1.29, 1.82) is 0 Å². The number of nitrogen functional groups attached to an aromatic ring is 1. The van der Waals surface area contributed by atoms with Gasteiger partial charge >= 0.3 is 7.82 Å². The van der Waals surface area contributed by atoms with E-state index in [0.717, 1.165) is 11.1 Å². The van der Waals surface area contributed by atoms with Crippen LogP contribution in [-0.4, -0.2) is 60.5 Å². The number of phosphoric acid groups is 1. The second-order valence-corrected chi connectivity index (χ2v) is 6.84. The summed E-state index contributed by atoms with van der Waals surface area (Å²) in [5, 5.41) is 10.0. The molecule has 1 fully saturated rings. The van der Waals surface area contributed by atoms with Crippen LogP contribution in [0.5, 0.6) is 0 Å². The van der Waals surface area contributed by atoms with Crippen molar-refractivity contribution < 1.29 is 24.0 Å². The van der Waals surface area contributed by atoms with Crippen LogP contribution in [0.1, 0.15) is 5.56 Å². The largest absolute Gasteiger partial charge is 0.469 e. The molecule has 3 rings (SSSR count). The summed E-state index contributed by atoms with van der Waals surface area (Å²) in [6, 6.07) is 0. The van der Waals surface area contributed by atoms with Crippen molar-refractivity contribution in [3.05, 3.63) is 18.1 Å². The van der Waals surface area contributed by atoms with E-state index in [9.17, 15) is 9.67 Å². The van der Waals surface area contributed by atoms with Crippen molar-refractivity contribution in [2.75, 3.05) is 25.4 Å². The Labute approximate surface area is 131 Å². The number of rotatable bonds is 5. The van der Waals surface area contributed by atoms with Crippen LogP contribution in [0.3, 0.4) is 0 Å². The number of aromatic amines is 1. The van der Waals surface area contributed by atoms with Crippen molar-refractivity contribution in [2.45, 2.75) is 12.6 Å². The monoisotopic (exact) mass is 343 g/mol. The van der Waals surface area contributed by atoms with E-state index >= 15 is 0 Å². The Bertz CT molecular complexity index is 747. The number of β-amino-alcohol motifs (C(OH)–C–C–N with tert-alkyl or cyclic N) is 1. The van der Waals surface area contributed by atoms with E-state index in [1.807, 2.05) is 4.90 Å². The second-order valence-electron chi connectivity index (χ2n) is 5.60. The number of hydrogen-bond acceptors (Lipinski definition) is 7. The molecule has 0 amide bonds. The Morgan fingerprint density at radius 2 is 2.22 bits per heavy atom. The van der Waals surface area contributed by atoms with Crippen LogP contribution < -0.4 is 5.73 Å². The number of nitrogens with zero attached hydrogens (tertiary/aromatic N) is 3. The van der Waals surface area contributed by atoms with E-state index in [1.54, 1.807) is 6.20 Å². The molecule has 126 valence electrons. The molecule has 2 aromatic rings. The van der Waals surface area contributed by atoms with Gasteiger partial charge < -0.3 is 25.6 Å². The summed E-state index contributed by atoms with van der Waals surface area (Å²) in [5.74, 6) is 0.0168. The molecule has 2 atom stereocenters. The summed E-state index contributed by atoms with van der Waals surface area (Å²) in [6.45, 7) is 1.20. The highest BCUT2D eigenvalue weighted by molar-refractivity contribution is 7.46. The molecule has 2 aromatic heterocycles. The van der Waals surface area contributed by atoms with E-state index in [2.05, 4.69) is 19.5 Å². The minimum atomic E-state index is -4.52. The first-order chi connectivity index (χ1) is 10.8. The summed E-state index contributed by atoms with van der Waals surface area (Å²) in [6.07, 6.45) is 2.48. The van der Waals surface area contributed by atoms with Crippen LogP contribution in [0.2, 0.25) is 0 Å². The average molecular weight is 343 g/mol. The zero-order chi connectivity index (χ0) is 16.6. The predicted molar refractivity (Wildman–Crippen MR) is 81.1 cm³/mol. The third kappa shape index (κ3) is 3.69. The molecule has 23 heavy (non-hydrogen) atoms. The molecule has 0 spiro atoms. The summed E-state index contributed by atoms with van der Waals surface area (Å²) < 4.78 is 15.2. The number of fused-ring (bicyclic) bond motifs is 1. The number of anilines is 1. The summed E-state index contributed by atoms with van der Waals surface area (Å²) in [4.78, 5) is 30.6. The third-order valence-electron chi connectivity index (χ3n) is 3.90. The molecule has 0 radical (unpaired) electrons. The molecule has 11 heteroatoms. The third-order valence-corrected chi connectivity index (χ3v) is 4.39. The number of aromatic nitrogens is 3. The first-order valence-electron chi connectivity index (χ1n) is 7.00. The van der Waals surface area contributed by atoms with Gasteiger partial charge in [0.1, 0.15) is 11.8 Å². The lowest BCUT2D eigenvalue weighted by atomic mass is 10.1. The molecule has 0 bridgehead atoms. The molecule has 1 saturated heterocycles. The Morgan fingerprint density at radius 1 is 1.43 bits per heavy atom. The lowest BCUT2D eigenvalue weighted by Gasteiger charge is -2.15. The minimum absolute atomic E-state index is 0.190. The summed E-state index contributed by atoms with van der Waals surface area (Å²) in [5.41, 5.74) is 8.08. The Morgan fingerprint density at radius 3 is 2.96 bits per heavy atom. The zero-order valence-corrected chi connectivity index (χ0v) is 13.1. The highest BCUT2D eigenvalue weighted by atomic mass is 31.2. The molecule has 3 heterocycles. The van der Waals surface area contributed by atoms with Crippen molar-refractivity contribution >= 4 is 24.7 Å². The highest BCUT2D eigenvalue weighted by Crippen LogP contribution is 2.37. The summed E-state index contributed by atoms with van der Waals surface area (Å²) >= 11 is 0. The molecule has 0 unspecified atom stereocenters. The number of likely N-dealkylation sites (tertiary alicyclic amines) is 1. The fraction of sp³-hybridized carbons (Fsp3) is 0.500. The van der Waals surface area contributed by atoms with E-state index < -0.39 is 13.9 Å². The quantitative estimate of drug-likeness (QED) is 0.449. The lowest BCUT2D eigenvalue weighted by Crippen LogP contribution is -2.22. The first kappa shape index (κ1) is 16.3. The molecule has 1 aliphatic heterocycles. The maximum Gasteiger partial charge on any atom is 0.469 e. The molecular formula is C12H18N5O5P. The van der Waals surface area contributed by atoms with E-state index in [4.69, 9.17) is 15.5 Å². The summed E-state index contributed by atoms with van der Waals surface area (Å²) in [7, 11) is -4.52. The number of phosphoric ester groups is 1. The fourth-order valence-electron chi connectivity index (χ4n) is 2.80. The van der Waals surface area contributed by atoms with Crippen LogP contribution >= 0.6 is 7.82 Å². The maximum absolute atomic E-state index is 10.8.